The predicted molar refractivity (Wildman–Crippen MR) is 88.3 cm³/mol. The summed E-state index contributed by atoms with van der Waals surface area (Å²) in [5, 5.41) is 9.52. The molecule has 0 saturated carbocycles. The third-order valence-corrected chi connectivity index (χ3v) is 3.83. The lowest BCUT2D eigenvalue weighted by molar-refractivity contribution is 0.0697. The average Bonchev–Trinajstić information content (AvgIpc) is 2.57. The minimum absolute atomic E-state index is 0.00543. The topological polar surface area (TPSA) is 53.4 Å². The number of rotatable bonds is 3. The number of hydrogen-bond donors (Lipinski definition) is 1. The molecular formula is C18H12F4N2O2. The van der Waals surface area contributed by atoms with Gasteiger partial charge in [-0.2, -0.15) is 0 Å². The van der Waals surface area contributed by atoms with Crippen LogP contribution in [-0.2, 0) is 0 Å². The molecule has 1 heterocycles. The fraction of sp³-hybridized carbons (Fsp3) is 0.111. The molecular weight excluding hydrogens is 352 g/mol. The molecule has 0 unspecified atom stereocenters. The van der Waals surface area contributed by atoms with Crippen molar-refractivity contribution in [2.24, 2.45) is 0 Å². The molecule has 0 saturated heterocycles. The van der Waals surface area contributed by atoms with Crippen LogP contribution in [0.3, 0.4) is 0 Å². The molecule has 3 rings (SSSR count). The summed E-state index contributed by atoms with van der Waals surface area (Å²) in [4.78, 5) is 17.0. The number of benzene rings is 2. The van der Waals surface area contributed by atoms with Crippen LogP contribution in [0.2, 0.25) is 0 Å². The van der Waals surface area contributed by atoms with Crippen LogP contribution in [0.15, 0.2) is 30.3 Å². The van der Waals surface area contributed by atoms with E-state index in [-0.39, 0.29) is 22.3 Å². The number of halogens is 4. The molecule has 2 aromatic carbocycles. The van der Waals surface area contributed by atoms with Crippen molar-refractivity contribution in [3.05, 3.63) is 59.2 Å². The molecule has 1 N–H and O–H groups in total. The number of anilines is 1. The van der Waals surface area contributed by atoms with E-state index < -0.39 is 40.4 Å². The van der Waals surface area contributed by atoms with Gasteiger partial charge in [0.2, 0.25) is 0 Å². The van der Waals surface area contributed by atoms with Crippen molar-refractivity contribution in [2.45, 2.75) is 0 Å². The predicted octanol–water partition coefficient (Wildman–Crippen LogP) is 4.22. The Balaban J connectivity index is 2.45. The quantitative estimate of drug-likeness (QED) is 0.558. The monoisotopic (exact) mass is 364 g/mol. The Morgan fingerprint density at radius 1 is 1.04 bits per heavy atom. The van der Waals surface area contributed by atoms with Gasteiger partial charge in [-0.25, -0.2) is 27.3 Å². The van der Waals surface area contributed by atoms with Crippen molar-refractivity contribution in [3.8, 4) is 11.1 Å². The minimum Gasteiger partial charge on any atom is -0.478 e. The zero-order valence-electron chi connectivity index (χ0n) is 13.6. The summed E-state index contributed by atoms with van der Waals surface area (Å²) in [7, 11) is 3.06. The summed E-state index contributed by atoms with van der Waals surface area (Å²) in [5.74, 6) is -6.17. The van der Waals surface area contributed by atoms with Gasteiger partial charge in [-0.15, -0.1) is 0 Å². The maximum absolute atomic E-state index is 14.5. The average molecular weight is 364 g/mol. The van der Waals surface area contributed by atoms with Gasteiger partial charge < -0.3 is 10.0 Å². The van der Waals surface area contributed by atoms with E-state index in [1.807, 2.05) is 0 Å². The second kappa shape index (κ2) is 6.29. The Labute approximate surface area is 145 Å². The van der Waals surface area contributed by atoms with Crippen molar-refractivity contribution in [1.29, 1.82) is 0 Å². The number of carboxylic acids is 1. The molecule has 0 aliphatic carbocycles. The van der Waals surface area contributed by atoms with Gasteiger partial charge in [0.1, 0.15) is 23.0 Å². The highest BCUT2D eigenvalue weighted by Crippen LogP contribution is 2.35. The molecule has 4 nitrogen and oxygen atoms in total. The van der Waals surface area contributed by atoms with Gasteiger partial charge in [0.15, 0.2) is 11.6 Å². The van der Waals surface area contributed by atoms with Gasteiger partial charge in [0.25, 0.3) is 0 Å². The van der Waals surface area contributed by atoms with Crippen LogP contribution in [0.4, 0.5) is 23.4 Å². The van der Waals surface area contributed by atoms with Crippen LogP contribution in [0, 0.1) is 23.3 Å². The molecule has 3 aromatic rings. The second-order valence-corrected chi connectivity index (χ2v) is 5.80. The molecule has 0 atom stereocenters. The number of carbonyl (C=O) groups is 1. The number of aromatic nitrogens is 1. The third kappa shape index (κ3) is 2.83. The third-order valence-electron chi connectivity index (χ3n) is 3.83. The van der Waals surface area contributed by atoms with Crippen LogP contribution in [0.1, 0.15) is 10.4 Å². The Hall–Kier alpha value is -3.16. The summed E-state index contributed by atoms with van der Waals surface area (Å²) in [6, 6.07) is 4.49. The lowest BCUT2D eigenvalue weighted by atomic mass is 9.99. The fourth-order valence-corrected chi connectivity index (χ4v) is 2.70. The highest BCUT2D eigenvalue weighted by molar-refractivity contribution is 6.02. The van der Waals surface area contributed by atoms with E-state index in [4.69, 9.17) is 0 Å². The molecule has 1 aromatic heterocycles. The Morgan fingerprint density at radius 3 is 2.35 bits per heavy atom. The SMILES string of the molecule is CN(C)c1nc2c(-c3cc(F)cc(F)c3F)c(F)ccc2cc1C(=O)O. The minimum atomic E-state index is -1.47. The number of aromatic carboxylic acids is 1. The van der Waals surface area contributed by atoms with Crippen molar-refractivity contribution in [1.82, 2.24) is 4.98 Å². The van der Waals surface area contributed by atoms with E-state index in [2.05, 4.69) is 4.98 Å². The van der Waals surface area contributed by atoms with Gasteiger partial charge >= 0.3 is 5.97 Å². The second-order valence-electron chi connectivity index (χ2n) is 5.80. The Morgan fingerprint density at radius 2 is 1.73 bits per heavy atom. The van der Waals surface area contributed by atoms with Crippen LogP contribution < -0.4 is 4.90 Å². The van der Waals surface area contributed by atoms with Gasteiger partial charge in [-0.05, 0) is 24.3 Å². The Bertz CT molecular complexity index is 1050. The number of nitrogens with zero attached hydrogens (tertiary/aromatic N) is 2. The van der Waals surface area contributed by atoms with E-state index in [1.165, 1.54) is 31.1 Å². The first-order valence-corrected chi connectivity index (χ1v) is 7.39. The van der Waals surface area contributed by atoms with E-state index in [0.29, 0.717) is 12.1 Å². The molecule has 26 heavy (non-hydrogen) atoms. The summed E-state index contributed by atoms with van der Waals surface area (Å²) in [6.07, 6.45) is 0. The van der Waals surface area contributed by atoms with Crippen LogP contribution in [0.25, 0.3) is 22.0 Å². The standard InChI is InChI=1S/C18H12F4N2O2/c1-24(2)17-11(18(25)26)5-8-3-4-12(20)14(16(8)23-17)10-6-9(19)7-13(21)15(10)22/h3-7H,1-2H3,(H,25,26). The van der Waals surface area contributed by atoms with Crippen molar-refractivity contribution in [2.75, 3.05) is 19.0 Å². The number of hydrogen-bond acceptors (Lipinski definition) is 3. The Kier molecular flexibility index (Phi) is 4.27. The zero-order valence-corrected chi connectivity index (χ0v) is 13.6. The molecule has 0 aliphatic rings. The van der Waals surface area contributed by atoms with Crippen LogP contribution in [-0.4, -0.2) is 30.2 Å². The van der Waals surface area contributed by atoms with Crippen LogP contribution >= 0.6 is 0 Å². The van der Waals surface area contributed by atoms with Gasteiger partial charge in [-0.3, -0.25) is 0 Å². The molecule has 0 radical (unpaired) electrons. The maximum atomic E-state index is 14.5. The highest BCUT2D eigenvalue weighted by Gasteiger charge is 2.22. The normalized spacial score (nSPS) is 11.0. The first-order valence-electron chi connectivity index (χ1n) is 7.39. The number of carboxylic acid groups (broad SMARTS) is 1. The zero-order chi connectivity index (χ0) is 19.2. The molecule has 0 spiro atoms. The lowest BCUT2D eigenvalue weighted by Gasteiger charge is -2.17. The smallest absolute Gasteiger partial charge is 0.339 e. The molecule has 0 fully saturated rings. The largest absolute Gasteiger partial charge is 0.478 e. The van der Waals surface area contributed by atoms with Crippen molar-refractivity contribution in [3.63, 3.8) is 0 Å². The van der Waals surface area contributed by atoms with E-state index in [9.17, 15) is 27.5 Å². The number of fused-ring (bicyclic) bond motifs is 1. The summed E-state index contributed by atoms with van der Waals surface area (Å²) >= 11 is 0. The van der Waals surface area contributed by atoms with E-state index >= 15 is 0 Å². The highest BCUT2D eigenvalue weighted by atomic mass is 19.2. The van der Waals surface area contributed by atoms with Crippen molar-refractivity contribution >= 4 is 22.7 Å². The first-order chi connectivity index (χ1) is 12.2. The van der Waals surface area contributed by atoms with Crippen LogP contribution in [0.5, 0.6) is 0 Å². The van der Waals surface area contributed by atoms with Gasteiger partial charge in [-0.1, -0.05) is 0 Å². The first kappa shape index (κ1) is 17.7. The summed E-state index contributed by atoms with van der Waals surface area (Å²) in [6.45, 7) is 0. The number of pyridine rings is 1. The molecule has 0 bridgehead atoms. The van der Waals surface area contributed by atoms with Crippen molar-refractivity contribution < 1.29 is 27.5 Å². The summed E-state index contributed by atoms with van der Waals surface area (Å²) < 4.78 is 55.8. The molecule has 134 valence electrons. The fourth-order valence-electron chi connectivity index (χ4n) is 2.70. The maximum Gasteiger partial charge on any atom is 0.339 e. The lowest BCUT2D eigenvalue weighted by Crippen LogP contribution is -2.16. The van der Waals surface area contributed by atoms with E-state index in [0.717, 1.165) is 6.07 Å². The summed E-state index contributed by atoms with van der Waals surface area (Å²) in [5.41, 5.74) is -1.34. The van der Waals surface area contributed by atoms with Gasteiger partial charge in [0.05, 0.1) is 5.52 Å². The molecule has 8 heteroatoms. The van der Waals surface area contributed by atoms with Gasteiger partial charge in [0, 0.05) is 36.7 Å². The molecule has 0 amide bonds. The van der Waals surface area contributed by atoms with E-state index in [1.54, 1.807) is 0 Å². The molecule has 0 aliphatic heterocycles.